The molecule has 5 nitrogen and oxygen atoms in total. The van der Waals surface area contributed by atoms with Gasteiger partial charge in [0.25, 0.3) is 5.91 Å². The Labute approximate surface area is 226 Å². The highest BCUT2D eigenvalue weighted by atomic mass is 35.5. The third kappa shape index (κ3) is 10.2. The number of rotatable bonds is 8. The Morgan fingerprint density at radius 1 is 1.13 bits per heavy atom. The molecule has 1 atom stereocenters. The maximum atomic E-state index is 13.4. The van der Waals surface area contributed by atoms with E-state index in [-0.39, 0.29) is 18.7 Å². The fourth-order valence-corrected chi connectivity index (χ4v) is 4.86. The molecule has 0 spiro atoms. The van der Waals surface area contributed by atoms with E-state index in [2.05, 4.69) is 14.6 Å². The van der Waals surface area contributed by atoms with Crippen molar-refractivity contribution in [2.75, 3.05) is 26.2 Å². The predicted octanol–water partition coefficient (Wildman–Crippen LogP) is 6.81. The van der Waals surface area contributed by atoms with Gasteiger partial charge < -0.3 is 15.4 Å². The first-order chi connectivity index (χ1) is 17.9. The van der Waals surface area contributed by atoms with E-state index < -0.39 is 30.5 Å². The van der Waals surface area contributed by atoms with Crippen LogP contribution in [0.4, 0.5) is 22.0 Å². The Bertz CT molecular complexity index is 958. The molecule has 1 fully saturated rings. The van der Waals surface area contributed by atoms with Crippen LogP contribution in [-0.4, -0.2) is 54.1 Å². The smallest absolute Gasteiger partial charge is 0.422 e. The van der Waals surface area contributed by atoms with Crippen molar-refractivity contribution in [3.8, 4) is 5.88 Å². The standard InChI is InChI=1S/C14H19F3N2O.C11H12ClF2NO.C2H6/c15-14(16,17)11-20-13-6-5-12(10-18-13)4-3-9-19-7-1-2-8-19;12-9-2-1-6-3-8(4-7(6)5-9)11(13,14)10(15)16;1-2/h5-6,10H,1-4,7-9,11H2;5,8H,1-4H2,(H2,15,16);1-2H3. The van der Waals surface area contributed by atoms with Gasteiger partial charge in [-0.15, -0.1) is 0 Å². The lowest BCUT2D eigenvalue weighted by molar-refractivity contribution is -0.154. The second-order valence-electron chi connectivity index (χ2n) is 9.37. The van der Waals surface area contributed by atoms with Crippen molar-refractivity contribution in [1.82, 2.24) is 9.88 Å². The van der Waals surface area contributed by atoms with Crippen molar-refractivity contribution >= 4 is 17.5 Å². The molecule has 0 radical (unpaired) electrons. The minimum Gasteiger partial charge on any atom is -0.468 e. The number of carbonyl (C=O) groups excluding carboxylic acids is 1. The monoisotopic (exact) mass is 565 g/mol. The lowest BCUT2D eigenvalue weighted by Gasteiger charge is -2.19. The number of pyridine rings is 1. The minimum atomic E-state index is -4.32. The molecule has 38 heavy (non-hydrogen) atoms. The topological polar surface area (TPSA) is 68.4 Å². The number of likely N-dealkylation sites (tertiary alicyclic amines) is 1. The van der Waals surface area contributed by atoms with Gasteiger partial charge in [0.1, 0.15) is 0 Å². The summed E-state index contributed by atoms with van der Waals surface area (Å²) in [6.07, 6.45) is 5.40. The van der Waals surface area contributed by atoms with Crippen molar-refractivity contribution in [2.24, 2.45) is 11.7 Å². The second kappa shape index (κ2) is 14.8. The molecule has 4 rings (SSSR count). The summed E-state index contributed by atoms with van der Waals surface area (Å²) in [5.41, 5.74) is 7.61. The van der Waals surface area contributed by atoms with E-state index in [1.54, 1.807) is 18.3 Å². The van der Waals surface area contributed by atoms with Crippen molar-refractivity contribution < 1.29 is 31.5 Å². The van der Waals surface area contributed by atoms with Crippen LogP contribution in [0.15, 0.2) is 40.6 Å². The molecule has 3 aliphatic rings. The van der Waals surface area contributed by atoms with E-state index in [4.69, 9.17) is 17.3 Å². The van der Waals surface area contributed by atoms with Gasteiger partial charge in [-0.2, -0.15) is 22.0 Å². The number of allylic oxidation sites excluding steroid dienone is 4. The summed E-state index contributed by atoms with van der Waals surface area (Å²) in [4.78, 5) is 17.0. The van der Waals surface area contributed by atoms with Crippen molar-refractivity contribution in [3.63, 3.8) is 0 Å². The maximum Gasteiger partial charge on any atom is 0.422 e. The number of aromatic nitrogens is 1. The molecule has 0 bridgehead atoms. The molecular weight excluding hydrogens is 529 g/mol. The number of hydrogen-bond acceptors (Lipinski definition) is 4. The molecule has 1 saturated heterocycles. The number of amides is 1. The molecule has 1 amide bonds. The number of nitrogens with two attached hydrogens (primary N) is 1. The highest BCUT2D eigenvalue weighted by Gasteiger charge is 2.48. The number of ether oxygens (including phenoxy) is 1. The second-order valence-corrected chi connectivity index (χ2v) is 9.86. The maximum absolute atomic E-state index is 13.4. The Balaban J connectivity index is 0.000000256. The number of primary amides is 1. The van der Waals surface area contributed by atoms with Gasteiger partial charge in [0.15, 0.2) is 6.61 Å². The first-order valence-electron chi connectivity index (χ1n) is 13.1. The van der Waals surface area contributed by atoms with Crippen LogP contribution < -0.4 is 10.5 Å². The van der Waals surface area contributed by atoms with Gasteiger partial charge in [0, 0.05) is 23.2 Å². The number of nitrogens with zero attached hydrogens (tertiary/aromatic N) is 2. The molecule has 214 valence electrons. The van der Waals surface area contributed by atoms with E-state index in [0.717, 1.165) is 42.5 Å². The van der Waals surface area contributed by atoms with Gasteiger partial charge in [-0.05, 0) is 88.2 Å². The zero-order valence-electron chi connectivity index (χ0n) is 21.9. The first-order valence-corrected chi connectivity index (χ1v) is 13.4. The SMILES string of the molecule is CC.FC(F)(F)COc1ccc(CCCN2CCCC2)cn1.NC(=O)C(F)(F)C1CC2=C(CCC(Cl)=C2)C1. The summed E-state index contributed by atoms with van der Waals surface area (Å²) in [6, 6.07) is 3.28. The Kier molecular flexibility index (Phi) is 12.5. The van der Waals surface area contributed by atoms with Crippen LogP contribution in [0, 0.1) is 5.92 Å². The van der Waals surface area contributed by atoms with Crippen LogP contribution in [0.1, 0.15) is 64.4 Å². The summed E-state index contributed by atoms with van der Waals surface area (Å²) in [5.74, 6) is -5.93. The summed E-state index contributed by atoms with van der Waals surface area (Å²) >= 11 is 5.86. The summed E-state index contributed by atoms with van der Waals surface area (Å²) in [7, 11) is 0. The lowest BCUT2D eigenvalue weighted by atomic mass is 9.96. The molecule has 0 aromatic carbocycles. The zero-order valence-corrected chi connectivity index (χ0v) is 22.7. The molecule has 1 aliphatic heterocycles. The molecule has 2 N–H and O–H groups in total. The van der Waals surface area contributed by atoms with Crippen LogP contribution in [-0.2, 0) is 11.2 Å². The van der Waals surface area contributed by atoms with Gasteiger partial charge in [-0.3, -0.25) is 4.79 Å². The third-order valence-corrected chi connectivity index (χ3v) is 6.87. The van der Waals surface area contributed by atoms with Crippen LogP contribution >= 0.6 is 11.6 Å². The number of halogens is 6. The van der Waals surface area contributed by atoms with Gasteiger partial charge in [-0.25, -0.2) is 4.98 Å². The van der Waals surface area contributed by atoms with Gasteiger partial charge in [0.2, 0.25) is 5.88 Å². The average molecular weight is 566 g/mol. The average Bonchev–Trinajstić information content (AvgIpc) is 3.55. The number of hydrogen-bond donors (Lipinski definition) is 1. The summed E-state index contributed by atoms with van der Waals surface area (Å²) in [5, 5.41) is 0.696. The van der Waals surface area contributed by atoms with Crippen molar-refractivity contribution in [3.05, 3.63) is 46.1 Å². The molecule has 1 aromatic heterocycles. The Morgan fingerprint density at radius 2 is 1.82 bits per heavy atom. The van der Waals surface area contributed by atoms with E-state index >= 15 is 0 Å². The highest BCUT2D eigenvalue weighted by molar-refractivity contribution is 6.29. The molecule has 0 saturated carbocycles. The van der Waals surface area contributed by atoms with E-state index in [0.29, 0.717) is 11.5 Å². The van der Waals surface area contributed by atoms with Crippen LogP contribution in [0.25, 0.3) is 0 Å². The van der Waals surface area contributed by atoms with E-state index in [9.17, 15) is 26.7 Å². The van der Waals surface area contributed by atoms with Crippen LogP contribution in [0.2, 0.25) is 0 Å². The fraction of sp³-hybridized carbons (Fsp3) is 0.630. The molecule has 2 aliphatic carbocycles. The minimum absolute atomic E-state index is 0.0191. The van der Waals surface area contributed by atoms with E-state index in [1.807, 2.05) is 13.8 Å². The van der Waals surface area contributed by atoms with Crippen LogP contribution in [0.3, 0.4) is 0 Å². The lowest BCUT2D eigenvalue weighted by Crippen LogP contribution is -2.41. The first kappa shape index (κ1) is 32.0. The number of carbonyl (C=O) groups is 1. The highest BCUT2D eigenvalue weighted by Crippen LogP contribution is 2.45. The Hall–Kier alpha value is -2.20. The molecule has 1 aromatic rings. The van der Waals surface area contributed by atoms with Crippen molar-refractivity contribution in [2.45, 2.75) is 77.3 Å². The largest absolute Gasteiger partial charge is 0.468 e. The third-order valence-electron chi connectivity index (χ3n) is 6.57. The fourth-order valence-electron chi connectivity index (χ4n) is 4.64. The van der Waals surface area contributed by atoms with Gasteiger partial charge in [0.05, 0.1) is 0 Å². The predicted molar refractivity (Wildman–Crippen MR) is 138 cm³/mol. The molecule has 1 unspecified atom stereocenters. The molecule has 11 heteroatoms. The quantitative estimate of drug-likeness (QED) is 0.352. The summed E-state index contributed by atoms with van der Waals surface area (Å²) in [6.45, 7) is 6.14. The zero-order chi connectivity index (χ0) is 28.3. The summed E-state index contributed by atoms with van der Waals surface area (Å²) < 4.78 is 67.4. The van der Waals surface area contributed by atoms with E-state index in [1.165, 1.54) is 32.0 Å². The van der Waals surface area contributed by atoms with Gasteiger partial charge in [-0.1, -0.05) is 37.1 Å². The van der Waals surface area contributed by atoms with Gasteiger partial charge >= 0.3 is 12.1 Å². The molecule has 2 heterocycles. The number of aryl methyl sites for hydroxylation is 1. The Morgan fingerprint density at radius 3 is 2.39 bits per heavy atom. The number of alkyl halides is 5. The normalized spacial score (nSPS) is 19.6. The van der Waals surface area contributed by atoms with Crippen LogP contribution in [0.5, 0.6) is 5.88 Å². The van der Waals surface area contributed by atoms with Crippen molar-refractivity contribution in [1.29, 1.82) is 0 Å². The molecular formula is C27H37ClF5N3O2.